The Hall–Kier alpha value is -1.92. The average Bonchev–Trinajstić information content (AvgIpc) is 2.59. The van der Waals surface area contributed by atoms with E-state index in [2.05, 4.69) is 22.8 Å². The summed E-state index contributed by atoms with van der Waals surface area (Å²) in [6.07, 6.45) is 0. The summed E-state index contributed by atoms with van der Waals surface area (Å²) < 4.78 is 10.5. The Morgan fingerprint density at radius 1 is 1.04 bits per heavy atom. The minimum absolute atomic E-state index is 0.578. The van der Waals surface area contributed by atoms with Crippen LogP contribution in [0.3, 0.4) is 0 Å². The van der Waals surface area contributed by atoms with Gasteiger partial charge in [0.25, 0.3) is 0 Å². The molecule has 0 fully saturated rings. The summed E-state index contributed by atoms with van der Waals surface area (Å²) in [5.41, 5.74) is 0.828. The van der Waals surface area contributed by atoms with Crippen molar-refractivity contribution in [2.45, 2.75) is 4.90 Å². The smallest absolute Gasteiger partial charge is 0.170 e. The second kappa shape index (κ2) is 9.27. The van der Waals surface area contributed by atoms with Gasteiger partial charge in [-0.05, 0) is 24.4 Å². The van der Waals surface area contributed by atoms with E-state index in [0.717, 1.165) is 18.0 Å². The fourth-order valence-corrected chi connectivity index (χ4v) is 2.91. The fourth-order valence-electron chi connectivity index (χ4n) is 1.91. The molecular formula is C17H20N2O2S2. The van der Waals surface area contributed by atoms with Gasteiger partial charge in [0.2, 0.25) is 0 Å². The van der Waals surface area contributed by atoms with Crippen LogP contribution < -0.4 is 20.1 Å². The summed E-state index contributed by atoms with van der Waals surface area (Å²) in [7, 11) is 3.24. The number of hydrogen-bond donors (Lipinski definition) is 2. The Kier molecular flexibility index (Phi) is 7.03. The molecule has 0 aromatic heterocycles. The van der Waals surface area contributed by atoms with Gasteiger partial charge in [-0.25, -0.2) is 0 Å². The van der Waals surface area contributed by atoms with Crippen LogP contribution in [0.2, 0.25) is 0 Å². The molecule has 23 heavy (non-hydrogen) atoms. The van der Waals surface area contributed by atoms with E-state index >= 15 is 0 Å². The van der Waals surface area contributed by atoms with Crippen LogP contribution in [0.1, 0.15) is 0 Å². The Labute approximate surface area is 146 Å². The van der Waals surface area contributed by atoms with Gasteiger partial charge in [-0.15, -0.1) is 11.8 Å². The average molecular weight is 348 g/mol. The molecule has 2 N–H and O–H groups in total. The number of anilines is 1. The lowest BCUT2D eigenvalue weighted by Gasteiger charge is -2.12. The third kappa shape index (κ3) is 6.00. The summed E-state index contributed by atoms with van der Waals surface area (Å²) in [5.74, 6) is 2.37. The summed E-state index contributed by atoms with van der Waals surface area (Å²) >= 11 is 7.10. The van der Waals surface area contributed by atoms with E-state index in [9.17, 15) is 0 Å². The van der Waals surface area contributed by atoms with Crippen molar-refractivity contribution in [3.8, 4) is 11.5 Å². The predicted octanol–water partition coefficient (Wildman–Crippen LogP) is 3.78. The van der Waals surface area contributed by atoms with Crippen molar-refractivity contribution in [1.82, 2.24) is 5.32 Å². The van der Waals surface area contributed by atoms with Gasteiger partial charge in [-0.2, -0.15) is 0 Å². The molecule has 6 heteroatoms. The van der Waals surface area contributed by atoms with Gasteiger partial charge < -0.3 is 20.1 Å². The van der Waals surface area contributed by atoms with E-state index in [-0.39, 0.29) is 0 Å². The van der Waals surface area contributed by atoms with Gasteiger partial charge in [-0.3, -0.25) is 0 Å². The highest BCUT2D eigenvalue weighted by atomic mass is 32.2. The lowest BCUT2D eigenvalue weighted by molar-refractivity contribution is 0.395. The highest BCUT2D eigenvalue weighted by Crippen LogP contribution is 2.25. The van der Waals surface area contributed by atoms with Crippen LogP contribution in [-0.4, -0.2) is 31.6 Å². The number of methoxy groups -OCH3 is 2. The SMILES string of the molecule is COc1cc(NC(=S)NCCSc2ccccc2)cc(OC)c1. The first-order chi connectivity index (χ1) is 11.2. The van der Waals surface area contributed by atoms with Crippen LogP contribution in [0, 0.1) is 0 Å². The second-order valence-electron chi connectivity index (χ2n) is 4.64. The molecule has 0 spiro atoms. The van der Waals surface area contributed by atoms with Crippen molar-refractivity contribution in [2.24, 2.45) is 0 Å². The molecule has 0 aliphatic rings. The number of hydrogen-bond acceptors (Lipinski definition) is 4. The maximum atomic E-state index is 5.31. The third-order valence-corrected chi connectivity index (χ3v) is 4.27. The second-order valence-corrected chi connectivity index (χ2v) is 6.22. The zero-order valence-electron chi connectivity index (χ0n) is 13.2. The predicted molar refractivity (Wildman–Crippen MR) is 101 cm³/mol. The van der Waals surface area contributed by atoms with E-state index in [1.165, 1.54) is 4.90 Å². The molecule has 2 rings (SSSR count). The van der Waals surface area contributed by atoms with Crippen LogP contribution in [0.15, 0.2) is 53.4 Å². The highest BCUT2D eigenvalue weighted by Gasteiger charge is 2.03. The Bertz CT molecular complexity index is 613. The summed E-state index contributed by atoms with van der Waals surface area (Å²) in [4.78, 5) is 1.26. The normalized spacial score (nSPS) is 10.0. The fraction of sp³-hybridized carbons (Fsp3) is 0.235. The summed E-state index contributed by atoms with van der Waals surface area (Å²) in [5, 5.41) is 6.91. The van der Waals surface area contributed by atoms with Gasteiger partial charge in [0.1, 0.15) is 11.5 Å². The Balaban J connectivity index is 1.78. The quantitative estimate of drug-likeness (QED) is 0.451. The molecule has 4 nitrogen and oxygen atoms in total. The number of nitrogens with one attached hydrogen (secondary N) is 2. The van der Waals surface area contributed by atoms with Crippen molar-refractivity contribution >= 4 is 34.8 Å². The molecule has 0 unspecified atom stereocenters. The molecule has 0 saturated carbocycles. The minimum atomic E-state index is 0.578. The maximum Gasteiger partial charge on any atom is 0.170 e. The molecule has 0 bridgehead atoms. The first-order valence-corrected chi connectivity index (χ1v) is 8.56. The minimum Gasteiger partial charge on any atom is -0.497 e. The molecule has 0 radical (unpaired) electrons. The van der Waals surface area contributed by atoms with E-state index in [1.54, 1.807) is 26.0 Å². The van der Waals surface area contributed by atoms with Crippen LogP contribution in [-0.2, 0) is 0 Å². The molecule has 0 aliphatic carbocycles. The highest BCUT2D eigenvalue weighted by molar-refractivity contribution is 7.99. The van der Waals surface area contributed by atoms with Gasteiger partial charge in [0, 0.05) is 41.1 Å². The summed E-state index contributed by atoms with van der Waals surface area (Å²) in [6.45, 7) is 0.784. The van der Waals surface area contributed by atoms with Crippen LogP contribution >= 0.6 is 24.0 Å². The number of ether oxygens (including phenoxy) is 2. The third-order valence-electron chi connectivity index (χ3n) is 3.01. The molecule has 0 amide bonds. The number of rotatable bonds is 7. The molecular weight excluding hydrogens is 328 g/mol. The molecule has 0 saturated heterocycles. The number of thiocarbonyl (C=S) groups is 1. The van der Waals surface area contributed by atoms with Crippen molar-refractivity contribution in [1.29, 1.82) is 0 Å². The number of benzene rings is 2. The Morgan fingerprint density at radius 3 is 2.30 bits per heavy atom. The van der Waals surface area contributed by atoms with Gasteiger partial charge >= 0.3 is 0 Å². The molecule has 0 aliphatic heterocycles. The molecule has 2 aromatic rings. The van der Waals surface area contributed by atoms with Crippen LogP contribution in [0.4, 0.5) is 5.69 Å². The standard InChI is InChI=1S/C17H20N2O2S2/c1-20-14-10-13(11-15(12-14)21-2)19-17(22)18-8-9-23-16-6-4-3-5-7-16/h3-7,10-12H,8-9H2,1-2H3,(H2,18,19,22). The topological polar surface area (TPSA) is 42.5 Å². The maximum absolute atomic E-state index is 5.31. The van der Waals surface area contributed by atoms with Crippen LogP contribution in [0.5, 0.6) is 11.5 Å². The zero-order chi connectivity index (χ0) is 16.5. The molecule has 122 valence electrons. The van der Waals surface area contributed by atoms with E-state index in [1.807, 2.05) is 36.4 Å². The van der Waals surface area contributed by atoms with Crippen LogP contribution in [0.25, 0.3) is 0 Å². The van der Waals surface area contributed by atoms with Crippen molar-refractivity contribution in [2.75, 3.05) is 31.8 Å². The van der Waals surface area contributed by atoms with Gasteiger partial charge in [0.15, 0.2) is 5.11 Å². The lowest BCUT2D eigenvalue weighted by atomic mass is 10.3. The van der Waals surface area contributed by atoms with E-state index in [4.69, 9.17) is 21.7 Å². The monoisotopic (exact) mass is 348 g/mol. The van der Waals surface area contributed by atoms with Gasteiger partial charge in [0.05, 0.1) is 14.2 Å². The van der Waals surface area contributed by atoms with Crippen molar-refractivity contribution in [3.63, 3.8) is 0 Å². The number of thioether (sulfide) groups is 1. The first-order valence-electron chi connectivity index (χ1n) is 7.17. The van der Waals surface area contributed by atoms with E-state index < -0.39 is 0 Å². The lowest BCUT2D eigenvalue weighted by Crippen LogP contribution is -2.30. The van der Waals surface area contributed by atoms with Crippen molar-refractivity contribution < 1.29 is 9.47 Å². The zero-order valence-corrected chi connectivity index (χ0v) is 14.8. The molecule has 2 aromatic carbocycles. The van der Waals surface area contributed by atoms with E-state index in [0.29, 0.717) is 16.6 Å². The molecule has 0 heterocycles. The first kappa shape index (κ1) is 17.4. The van der Waals surface area contributed by atoms with Crippen molar-refractivity contribution in [3.05, 3.63) is 48.5 Å². The largest absolute Gasteiger partial charge is 0.497 e. The molecule has 0 atom stereocenters. The Morgan fingerprint density at radius 2 is 1.70 bits per heavy atom. The van der Waals surface area contributed by atoms with Gasteiger partial charge in [-0.1, -0.05) is 18.2 Å². The summed E-state index contributed by atoms with van der Waals surface area (Å²) in [6, 6.07) is 15.9.